The molecule has 0 aromatic heterocycles. The van der Waals surface area contributed by atoms with Crippen LogP contribution in [0.15, 0.2) is 5.57 Å². The molecular weight excluding hydrogens is 620 g/mol. The van der Waals surface area contributed by atoms with Crippen LogP contribution in [0.2, 0.25) is 0 Å². The Bertz CT molecular complexity index is 641. The third kappa shape index (κ3) is 8.39. The van der Waals surface area contributed by atoms with Crippen molar-refractivity contribution in [3.63, 3.8) is 0 Å². The van der Waals surface area contributed by atoms with Crippen molar-refractivity contribution in [1.29, 1.82) is 5.26 Å². The summed E-state index contributed by atoms with van der Waals surface area (Å²) in [5.41, 5.74) is -2.19. The molecule has 0 saturated carbocycles. The van der Waals surface area contributed by atoms with Gasteiger partial charge < -0.3 is 0 Å². The molecule has 0 aliphatic carbocycles. The average molecular weight is 641 g/mol. The molecule has 0 heterocycles. The summed E-state index contributed by atoms with van der Waals surface area (Å²) in [5, 5.41) is 19.0. The van der Waals surface area contributed by atoms with Gasteiger partial charge in [-0.05, 0) is 0 Å². The Labute approximate surface area is 170 Å². The Kier molecular flexibility index (Phi) is 12.0. The zero-order chi connectivity index (χ0) is 20.6. The summed E-state index contributed by atoms with van der Waals surface area (Å²) in [7, 11) is 13.2. The maximum absolute atomic E-state index is 12.7. The van der Waals surface area contributed by atoms with E-state index in [0.717, 1.165) is 0 Å². The number of carbonyl (C=O) groups excluding carboxylic acids is 2. The van der Waals surface area contributed by atoms with E-state index >= 15 is 0 Å². The number of rotatable bonds is 10. The fourth-order valence-electron chi connectivity index (χ4n) is 1.42. The molecule has 0 rings (SSSR count). The molecule has 146 valence electrons. The zero-order valence-corrected chi connectivity index (χ0v) is 22.3. The molecule has 0 aromatic rings. The number of carbonyl (C=O) groups is 2. The topological polar surface area (TPSA) is 108 Å². The Morgan fingerprint density at radius 3 is 2.08 bits per heavy atom. The standard InChI is InChI=1S/C12H20B2I2N2O5P3/c1-15(2,25-13)22-10(19)9(6-17)5-12(7-18,8-21-24)11(20)23-16(3,4)26-14/h25-26H,5,8,24H2,1-4H3/q-3. The number of nitriles is 1. The molecule has 7 nitrogen and oxygen atoms in total. The molecule has 4 radical (unpaired) electrons. The molecular formula is C12H20B2I2N2O5P3-3. The second kappa shape index (κ2) is 11.7. The fraction of sp³-hybridized carbons (Fsp3) is 0.583. The third-order valence-electron chi connectivity index (χ3n) is 2.85. The predicted octanol–water partition coefficient (Wildman–Crippen LogP) is -5.03. The monoisotopic (exact) mass is 641 g/mol. The van der Waals surface area contributed by atoms with Crippen LogP contribution in [0.25, 0.3) is 5.41 Å². The summed E-state index contributed by atoms with van der Waals surface area (Å²) in [6.07, 6.45) is -0.543. The normalized spacial score (nSPS) is 15.8. The van der Waals surface area contributed by atoms with Crippen LogP contribution in [-0.2, 0) is 20.2 Å². The van der Waals surface area contributed by atoms with Gasteiger partial charge in [-0.15, -0.1) is 0 Å². The average Bonchev–Trinajstić information content (AvgIpc) is 2.57. The van der Waals surface area contributed by atoms with E-state index in [2.05, 4.69) is 0 Å². The maximum atomic E-state index is 12.7. The van der Waals surface area contributed by atoms with Gasteiger partial charge >= 0.3 is 172 Å². The van der Waals surface area contributed by atoms with E-state index in [0.29, 0.717) is 0 Å². The number of hydrogen-bond donors (Lipinski definition) is 0. The predicted molar refractivity (Wildman–Crippen MR) is 104 cm³/mol. The van der Waals surface area contributed by atoms with E-state index in [9.17, 15) is 20.3 Å². The van der Waals surface area contributed by atoms with Gasteiger partial charge in [-0.2, -0.15) is 0 Å². The first-order chi connectivity index (χ1) is 11.9. The first kappa shape index (κ1) is 26.7. The van der Waals surface area contributed by atoms with Crippen molar-refractivity contribution in [1.82, 2.24) is 0 Å². The third-order valence-corrected chi connectivity index (χ3v) is 17.1. The van der Waals surface area contributed by atoms with E-state index in [1.165, 1.54) is 0 Å². The van der Waals surface area contributed by atoms with Crippen LogP contribution in [0.1, 0.15) is 6.42 Å². The van der Waals surface area contributed by atoms with Crippen molar-refractivity contribution in [2.45, 2.75) is 6.42 Å². The van der Waals surface area contributed by atoms with Gasteiger partial charge in [0.25, 0.3) is 0 Å². The van der Waals surface area contributed by atoms with Crippen LogP contribution in [0.4, 0.5) is 0 Å². The molecule has 0 bridgehead atoms. The summed E-state index contributed by atoms with van der Waals surface area (Å²) < 4.78 is 15.8. The van der Waals surface area contributed by atoms with E-state index in [1.54, 1.807) is 25.6 Å². The van der Waals surface area contributed by atoms with E-state index in [1.807, 2.05) is 15.5 Å². The summed E-state index contributed by atoms with van der Waals surface area (Å²) in [6, 6.07) is 1.85. The van der Waals surface area contributed by atoms with Crippen LogP contribution in [0.3, 0.4) is 0 Å². The molecule has 4 unspecified atom stereocenters. The quantitative estimate of drug-likeness (QED) is 0.0592. The molecule has 14 heteroatoms. The van der Waals surface area contributed by atoms with Gasteiger partial charge in [0, 0.05) is 0 Å². The van der Waals surface area contributed by atoms with Gasteiger partial charge in [0.2, 0.25) is 0 Å². The van der Waals surface area contributed by atoms with E-state index in [-0.39, 0.29) is 24.4 Å². The van der Waals surface area contributed by atoms with Gasteiger partial charge in [-0.1, -0.05) is 0 Å². The summed E-state index contributed by atoms with van der Waals surface area (Å²) >= 11 is -5.84. The number of alkyl halides is 4. The zero-order valence-electron chi connectivity index (χ0n) is 14.8. The van der Waals surface area contributed by atoms with Crippen molar-refractivity contribution in [2.24, 2.45) is 5.41 Å². The van der Waals surface area contributed by atoms with Crippen LogP contribution in [0.5, 0.6) is 0 Å². The molecule has 0 aliphatic rings. The summed E-state index contributed by atoms with van der Waals surface area (Å²) in [5.74, 6) is 0.0301. The molecule has 0 amide bonds. The van der Waals surface area contributed by atoms with Gasteiger partial charge in [0.05, 0.1) is 0 Å². The van der Waals surface area contributed by atoms with Crippen molar-refractivity contribution >= 4 is 54.6 Å². The van der Waals surface area contributed by atoms with Crippen molar-refractivity contribution in [2.75, 3.05) is 26.3 Å². The molecule has 0 fully saturated rings. The van der Waals surface area contributed by atoms with Crippen molar-refractivity contribution < 1.29 is 56.8 Å². The number of halogens is 2. The van der Waals surface area contributed by atoms with Gasteiger partial charge in [0.15, 0.2) is 0 Å². The van der Waals surface area contributed by atoms with E-state index < -0.39 is 60.4 Å². The van der Waals surface area contributed by atoms with Crippen LogP contribution in [0, 0.1) is 16.7 Å². The minimum absolute atomic E-state index is 0.0285. The van der Waals surface area contributed by atoms with Crippen LogP contribution in [-0.4, -0.2) is 59.3 Å². The molecule has 26 heavy (non-hydrogen) atoms. The molecule has 0 saturated heterocycles. The molecule has 0 spiro atoms. The SMILES string of the molecule is [B]P[I-](C)(C)OC(=O)C(=C=[N-])CC(C#N)(COP)C(=O)O[I-](C)(C)P[B]. The van der Waals surface area contributed by atoms with Gasteiger partial charge in [-0.25, -0.2) is 0 Å². The Morgan fingerprint density at radius 2 is 1.69 bits per heavy atom. The van der Waals surface area contributed by atoms with Gasteiger partial charge in [-0.3, -0.25) is 0 Å². The Balaban J connectivity index is 5.68. The number of hydrogen-bond acceptors (Lipinski definition) is 6. The Hall–Kier alpha value is 0.720. The first-order valence-corrected chi connectivity index (χ1v) is 25.9. The van der Waals surface area contributed by atoms with E-state index in [4.69, 9.17) is 25.8 Å². The molecule has 0 aromatic carbocycles. The number of nitrogens with zero attached hydrogens (tertiary/aromatic N) is 2. The van der Waals surface area contributed by atoms with Crippen molar-refractivity contribution in [3.8, 4) is 6.07 Å². The Morgan fingerprint density at radius 1 is 1.19 bits per heavy atom. The molecule has 0 N–H and O–H groups in total. The van der Waals surface area contributed by atoms with Crippen LogP contribution < -0.4 is 36.6 Å². The second-order valence-corrected chi connectivity index (χ2v) is 36.1. The second-order valence-electron chi connectivity index (χ2n) is 5.50. The molecule has 4 atom stereocenters. The summed E-state index contributed by atoms with van der Waals surface area (Å²) in [4.78, 5) is 32.0. The van der Waals surface area contributed by atoms with Crippen LogP contribution >= 0.6 is 21.7 Å². The minimum atomic E-state index is -2.95. The summed E-state index contributed by atoms with van der Waals surface area (Å²) in [6.45, 7) is -0.362. The first-order valence-electron chi connectivity index (χ1n) is 6.62. The van der Waals surface area contributed by atoms with Crippen molar-refractivity contribution in [3.05, 3.63) is 11.0 Å². The van der Waals surface area contributed by atoms with Gasteiger partial charge in [0.1, 0.15) is 0 Å². The molecule has 0 aliphatic heterocycles. The fourth-order valence-corrected chi connectivity index (χ4v) is 6.18.